The van der Waals surface area contributed by atoms with Crippen molar-refractivity contribution in [2.45, 2.75) is 23.6 Å². The molecule has 148 valence electrons. The van der Waals surface area contributed by atoms with Gasteiger partial charge in [0.25, 0.3) is 0 Å². The van der Waals surface area contributed by atoms with Crippen LogP contribution < -0.4 is 4.74 Å². The molecule has 0 N–H and O–H groups in total. The maximum atomic E-state index is 13.1. The fraction of sp³-hybridized carbons (Fsp3) is 0.350. The zero-order valence-electron chi connectivity index (χ0n) is 15.5. The van der Waals surface area contributed by atoms with E-state index in [-0.39, 0.29) is 42.6 Å². The maximum Gasteiger partial charge on any atom is 0.249 e. The van der Waals surface area contributed by atoms with Crippen molar-refractivity contribution in [3.63, 3.8) is 0 Å². The van der Waals surface area contributed by atoms with Crippen LogP contribution in [0.15, 0.2) is 59.5 Å². The number of carbonyl (C=O) groups excluding carboxylic acids is 1. The summed E-state index contributed by atoms with van der Waals surface area (Å²) in [4.78, 5) is 14.4. The monoisotopic (exact) mass is 402 g/mol. The number of sulfonamides is 1. The molecule has 0 spiro atoms. The Labute approximate surface area is 164 Å². The SMILES string of the molecule is COc1ccc(S(=O)(=O)N2C[C@@H]3OCC(=O)N(Cc4ccccc4)[C@@H]3C2)cc1. The van der Waals surface area contributed by atoms with Crippen LogP contribution in [0.3, 0.4) is 0 Å². The first-order valence-corrected chi connectivity index (χ1v) is 10.5. The van der Waals surface area contributed by atoms with Gasteiger partial charge in [0.1, 0.15) is 12.4 Å². The van der Waals surface area contributed by atoms with E-state index >= 15 is 0 Å². The van der Waals surface area contributed by atoms with Crippen molar-refractivity contribution < 1.29 is 22.7 Å². The summed E-state index contributed by atoms with van der Waals surface area (Å²) in [6.45, 7) is 0.875. The van der Waals surface area contributed by atoms with Crippen LogP contribution in [0, 0.1) is 0 Å². The van der Waals surface area contributed by atoms with Crippen molar-refractivity contribution in [3.05, 3.63) is 60.2 Å². The molecule has 0 saturated carbocycles. The average Bonchev–Trinajstić information content (AvgIpc) is 3.16. The van der Waals surface area contributed by atoms with Crippen molar-refractivity contribution >= 4 is 15.9 Å². The van der Waals surface area contributed by atoms with Gasteiger partial charge < -0.3 is 14.4 Å². The van der Waals surface area contributed by atoms with Crippen molar-refractivity contribution in [2.24, 2.45) is 0 Å². The van der Waals surface area contributed by atoms with Crippen LogP contribution >= 0.6 is 0 Å². The molecule has 2 aromatic carbocycles. The average molecular weight is 402 g/mol. The molecule has 0 unspecified atom stereocenters. The molecule has 4 rings (SSSR count). The van der Waals surface area contributed by atoms with Gasteiger partial charge in [-0.15, -0.1) is 0 Å². The number of morpholine rings is 1. The number of fused-ring (bicyclic) bond motifs is 1. The summed E-state index contributed by atoms with van der Waals surface area (Å²) in [5.41, 5.74) is 1.01. The molecule has 0 aliphatic carbocycles. The van der Waals surface area contributed by atoms with Crippen LogP contribution in [-0.4, -0.2) is 62.5 Å². The van der Waals surface area contributed by atoms with E-state index in [2.05, 4.69) is 0 Å². The lowest BCUT2D eigenvalue weighted by molar-refractivity contribution is -0.153. The number of benzene rings is 2. The summed E-state index contributed by atoms with van der Waals surface area (Å²) < 4.78 is 38.3. The molecule has 2 saturated heterocycles. The number of rotatable bonds is 5. The summed E-state index contributed by atoms with van der Waals surface area (Å²) in [5.74, 6) is 0.478. The number of hydrogen-bond acceptors (Lipinski definition) is 5. The van der Waals surface area contributed by atoms with Crippen LogP contribution in [0.4, 0.5) is 0 Å². The Bertz CT molecular complexity index is 946. The zero-order chi connectivity index (χ0) is 19.7. The summed E-state index contributed by atoms with van der Waals surface area (Å²) >= 11 is 0. The van der Waals surface area contributed by atoms with Crippen molar-refractivity contribution in [1.82, 2.24) is 9.21 Å². The van der Waals surface area contributed by atoms with E-state index in [1.807, 2.05) is 30.3 Å². The molecule has 2 aliphatic rings. The highest BCUT2D eigenvalue weighted by molar-refractivity contribution is 7.89. The Morgan fingerprint density at radius 1 is 1.07 bits per heavy atom. The highest BCUT2D eigenvalue weighted by atomic mass is 32.2. The second-order valence-corrected chi connectivity index (χ2v) is 8.86. The zero-order valence-corrected chi connectivity index (χ0v) is 16.3. The first kappa shape index (κ1) is 18.9. The van der Waals surface area contributed by atoms with Crippen molar-refractivity contribution in [1.29, 1.82) is 0 Å². The second-order valence-electron chi connectivity index (χ2n) is 6.92. The molecule has 2 heterocycles. The van der Waals surface area contributed by atoms with Gasteiger partial charge in [0.05, 0.1) is 24.2 Å². The summed E-state index contributed by atoms with van der Waals surface area (Å²) in [7, 11) is -2.14. The van der Waals surface area contributed by atoms with Crippen molar-refractivity contribution in [3.8, 4) is 5.75 Å². The van der Waals surface area contributed by atoms with E-state index in [0.29, 0.717) is 12.3 Å². The lowest BCUT2D eigenvalue weighted by Gasteiger charge is -2.36. The minimum Gasteiger partial charge on any atom is -0.497 e. The van der Waals surface area contributed by atoms with Crippen LogP contribution in [0.5, 0.6) is 5.75 Å². The molecule has 28 heavy (non-hydrogen) atoms. The molecule has 2 fully saturated rings. The number of carbonyl (C=O) groups is 1. The van der Waals surface area contributed by atoms with E-state index < -0.39 is 10.0 Å². The van der Waals surface area contributed by atoms with E-state index in [0.717, 1.165) is 5.56 Å². The highest BCUT2D eigenvalue weighted by Gasteiger charge is 2.46. The van der Waals surface area contributed by atoms with Crippen LogP contribution in [-0.2, 0) is 26.1 Å². The van der Waals surface area contributed by atoms with E-state index in [4.69, 9.17) is 9.47 Å². The van der Waals surface area contributed by atoms with Gasteiger partial charge in [-0.05, 0) is 29.8 Å². The Morgan fingerprint density at radius 3 is 2.46 bits per heavy atom. The molecule has 2 aliphatic heterocycles. The van der Waals surface area contributed by atoms with Gasteiger partial charge in [0, 0.05) is 19.6 Å². The largest absolute Gasteiger partial charge is 0.497 e. The predicted molar refractivity (Wildman–Crippen MR) is 102 cm³/mol. The highest BCUT2D eigenvalue weighted by Crippen LogP contribution is 2.30. The third-order valence-electron chi connectivity index (χ3n) is 5.24. The molecule has 2 atom stereocenters. The van der Waals surface area contributed by atoms with E-state index in [1.54, 1.807) is 17.0 Å². The lowest BCUT2D eigenvalue weighted by atomic mass is 10.1. The third-order valence-corrected chi connectivity index (χ3v) is 7.08. The van der Waals surface area contributed by atoms with Crippen LogP contribution in [0.25, 0.3) is 0 Å². The molecule has 0 bridgehead atoms. The standard InChI is InChI=1S/C20H22N2O5S/c1-26-16-7-9-17(10-8-16)28(24,25)21-12-18-19(13-21)27-14-20(23)22(18)11-15-5-3-2-4-6-15/h2-10,18-19H,11-14H2,1H3/t18-,19+/m1/s1. The van der Waals surface area contributed by atoms with Gasteiger partial charge in [0.2, 0.25) is 15.9 Å². The quantitative estimate of drug-likeness (QED) is 0.758. The first-order valence-electron chi connectivity index (χ1n) is 9.08. The van der Waals surface area contributed by atoms with Crippen LogP contribution in [0.1, 0.15) is 5.56 Å². The van der Waals surface area contributed by atoms with Gasteiger partial charge in [-0.1, -0.05) is 30.3 Å². The molecular formula is C20H22N2O5S. The van der Waals surface area contributed by atoms with E-state index in [1.165, 1.54) is 23.5 Å². The number of hydrogen-bond donors (Lipinski definition) is 0. The Balaban J connectivity index is 1.55. The molecule has 1 amide bonds. The van der Waals surface area contributed by atoms with Crippen molar-refractivity contribution in [2.75, 3.05) is 26.8 Å². The van der Waals surface area contributed by atoms with Gasteiger partial charge >= 0.3 is 0 Å². The Hall–Kier alpha value is -2.42. The lowest BCUT2D eigenvalue weighted by Crippen LogP contribution is -2.53. The molecule has 0 aromatic heterocycles. The Morgan fingerprint density at radius 2 is 1.79 bits per heavy atom. The molecule has 8 heteroatoms. The fourth-order valence-electron chi connectivity index (χ4n) is 3.71. The number of amides is 1. The van der Waals surface area contributed by atoms with Gasteiger partial charge in [0.15, 0.2) is 0 Å². The maximum absolute atomic E-state index is 13.1. The molecule has 7 nitrogen and oxygen atoms in total. The predicted octanol–water partition coefficient (Wildman–Crippen LogP) is 1.50. The fourth-order valence-corrected chi connectivity index (χ4v) is 5.18. The number of ether oxygens (including phenoxy) is 2. The molecular weight excluding hydrogens is 380 g/mol. The minimum absolute atomic E-state index is 0.0234. The number of methoxy groups -OCH3 is 1. The normalized spacial score (nSPS) is 22.9. The number of nitrogens with zero attached hydrogens (tertiary/aromatic N) is 2. The van der Waals surface area contributed by atoms with Gasteiger partial charge in [-0.25, -0.2) is 8.42 Å². The molecule has 2 aromatic rings. The smallest absolute Gasteiger partial charge is 0.249 e. The summed E-state index contributed by atoms with van der Waals surface area (Å²) in [5, 5.41) is 0. The first-order chi connectivity index (χ1) is 13.5. The van der Waals surface area contributed by atoms with Gasteiger partial charge in [-0.3, -0.25) is 4.79 Å². The van der Waals surface area contributed by atoms with Gasteiger partial charge in [-0.2, -0.15) is 4.31 Å². The van der Waals surface area contributed by atoms with Crippen LogP contribution in [0.2, 0.25) is 0 Å². The Kier molecular flexibility index (Phi) is 5.09. The minimum atomic E-state index is -3.68. The topological polar surface area (TPSA) is 76.1 Å². The second kappa shape index (κ2) is 7.54. The molecule has 0 radical (unpaired) electrons. The third kappa shape index (κ3) is 3.50. The summed E-state index contributed by atoms with van der Waals surface area (Å²) in [6.07, 6.45) is -0.325. The van der Waals surface area contributed by atoms with E-state index in [9.17, 15) is 13.2 Å². The summed E-state index contributed by atoms with van der Waals surface area (Å²) in [6, 6.07) is 15.7.